The molecular formula is C44H89NO5. The Kier molecular flexibility index (Phi) is 39.0. The normalized spacial score (nSPS) is 14.1. The first-order valence-electron chi connectivity index (χ1n) is 22.4. The van der Waals surface area contributed by atoms with Crippen molar-refractivity contribution in [1.82, 2.24) is 5.32 Å². The van der Waals surface area contributed by atoms with Crippen molar-refractivity contribution >= 4 is 5.91 Å². The van der Waals surface area contributed by atoms with Gasteiger partial charge in [-0.15, -0.1) is 0 Å². The molecule has 0 aliphatic heterocycles. The van der Waals surface area contributed by atoms with E-state index in [9.17, 15) is 25.2 Å². The zero-order valence-corrected chi connectivity index (χ0v) is 33.7. The second-order valence-electron chi connectivity index (χ2n) is 15.8. The van der Waals surface area contributed by atoms with Crippen molar-refractivity contribution in [1.29, 1.82) is 0 Å². The molecule has 0 spiro atoms. The topological polar surface area (TPSA) is 110 Å². The van der Waals surface area contributed by atoms with Gasteiger partial charge < -0.3 is 25.7 Å². The van der Waals surface area contributed by atoms with Crippen LogP contribution >= 0.6 is 0 Å². The standard InChI is InChI=1S/C44H89NO5/c1-3-5-7-8-9-10-11-12-13-14-18-21-24-27-30-34-38-43(49)45-41(39-46)44(50)42(48)37-33-29-26-23-20-17-15-16-19-22-25-28-32-36-40(47)35-31-6-4-2/h40-42,44,46-48,50H,3-39H2,1-2H3,(H,45,49)/t40-,41+,42-,44+/m1/s1. The summed E-state index contributed by atoms with van der Waals surface area (Å²) in [6.07, 6.45) is 40.9. The first kappa shape index (κ1) is 49.3. The van der Waals surface area contributed by atoms with Crippen LogP contribution in [0.3, 0.4) is 0 Å². The number of hydrogen-bond acceptors (Lipinski definition) is 5. The van der Waals surface area contributed by atoms with Crippen molar-refractivity contribution in [2.45, 2.75) is 269 Å². The van der Waals surface area contributed by atoms with Crippen molar-refractivity contribution in [2.75, 3.05) is 6.61 Å². The monoisotopic (exact) mass is 712 g/mol. The maximum atomic E-state index is 12.4. The lowest BCUT2D eigenvalue weighted by molar-refractivity contribution is -0.124. The molecule has 0 saturated heterocycles. The number of amides is 1. The summed E-state index contributed by atoms with van der Waals surface area (Å²) in [5.41, 5.74) is 0. The molecule has 4 atom stereocenters. The highest BCUT2D eigenvalue weighted by atomic mass is 16.3. The van der Waals surface area contributed by atoms with E-state index in [1.54, 1.807) is 0 Å². The minimum absolute atomic E-state index is 0.0841. The lowest BCUT2D eigenvalue weighted by Crippen LogP contribution is -2.50. The summed E-state index contributed by atoms with van der Waals surface area (Å²) in [4.78, 5) is 12.4. The summed E-state index contributed by atoms with van der Waals surface area (Å²) in [7, 11) is 0. The van der Waals surface area contributed by atoms with Gasteiger partial charge in [0.15, 0.2) is 0 Å². The molecular weight excluding hydrogens is 622 g/mol. The van der Waals surface area contributed by atoms with E-state index < -0.39 is 18.2 Å². The van der Waals surface area contributed by atoms with Gasteiger partial charge in [0.05, 0.1) is 24.9 Å². The highest BCUT2D eigenvalue weighted by Crippen LogP contribution is 2.17. The van der Waals surface area contributed by atoms with Gasteiger partial charge >= 0.3 is 0 Å². The summed E-state index contributed by atoms with van der Waals surface area (Å²) in [6.45, 7) is 4.11. The summed E-state index contributed by atoms with van der Waals surface area (Å²) in [6, 6.07) is -0.813. The average molecular weight is 712 g/mol. The van der Waals surface area contributed by atoms with E-state index >= 15 is 0 Å². The SMILES string of the molecule is CCCCCCCCCCCCCCCCCCC(=O)N[C@@H](CO)[C@H](O)[C@H](O)CCCCCCCCCCCCCCC[C@H](O)CCCCC. The first-order valence-corrected chi connectivity index (χ1v) is 22.4. The fourth-order valence-electron chi connectivity index (χ4n) is 7.24. The molecule has 5 N–H and O–H groups in total. The zero-order valence-electron chi connectivity index (χ0n) is 33.7. The van der Waals surface area contributed by atoms with Gasteiger partial charge in [0, 0.05) is 6.42 Å². The maximum Gasteiger partial charge on any atom is 0.220 e. The predicted molar refractivity (Wildman–Crippen MR) is 215 cm³/mol. The summed E-state index contributed by atoms with van der Waals surface area (Å²) in [5.74, 6) is -0.148. The van der Waals surface area contributed by atoms with Crippen molar-refractivity contribution in [3.63, 3.8) is 0 Å². The van der Waals surface area contributed by atoms with E-state index in [4.69, 9.17) is 0 Å². The Morgan fingerprint density at radius 2 is 0.740 bits per heavy atom. The molecule has 0 aromatic rings. The predicted octanol–water partition coefficient (Wildman–Crippen LogP) is 11.6. The minimum Gasteiger partial charge on any atom is -0.394 e. The smallest absolute Gasteiger partial charge is 0.220 e. The quantitative estimate of drug-likeness (QED) is 0.0406. The van der Waals surface area contributed by atoms with Crippen molar-refractivity contribution in [2.24, 2.45) is 0 Å². The van der Waals surface area contributed by atoms with Gasteiger partial charge in [-0.2, -0.15) is 0 Å². The average Bonchev–Trinajstić information content (AvgIpc) is 3.11. The number of aliphatic hydroxyl groups excluding tert-OH is 4. The Morgan fingerprint density at radius 1 is 0.440 bits per heavy atom. The first-order chi connectivity index (χ1) is 24.5. The number of rotatable bonds is 41. The maximum absolute atomic E-state index is 12.4. The second-order valence-corrected chi connectivity index (χ2v) is 15.8. The molecule has 6 heteroatoms. The molecule has 0 unspecified atom stereocenters. The summed E-state index contributed by atoms with van der Waals surface area (Å²) in [5, 5.41) is 43.6. The van der Waals surface area contributed by atoms with Crippen LogP contribution in [0, 0.1) is 0 Å². The molecule has 0 rings (SSSR count). The number of nitrogens with one attached hydrogen (secondary N) is 1. The third-order valence-electron chi connectivity index (χ3n) is 10.8. The van der Waals surface area contributed by atoms with Crippen LogP contribution in [0.15, 0.2) is 0 Å². The third kappa shape index (κ3) is 34.4. The molecule has 50 heavy (non-hydrogen) atoms. The third-order valence-corrected chi connectivity index (χ3v) is 10.8. The Morgan fingerprint density at radius 3 is 1.12 bits per heavy atom. The van der Waals surface area contributed by atoms with Gasteiger partial charge in [-0.1, -0.05) is 213 Å². The lowest BCUT2D eigenvalue weighted by Gasteiger charge is -2.26. The molecule has 6 nitrogen and oxygen atoms in total. The van der Waals surface area contributed by atoms with Crippen LogP contribution in [-0.2, 0) is 4.79 Å². The number of carbonyl (C=O) groups is 1. The number of unbranched alkanes of at least 4 members (excludes halogenated alkanes) is 29. The molecule has 0 bridgehead atoms. The second kappa shape index (κ2) is 39.5. The fourth-order valence-corrected chi connectivity index (χ4v) is 7.24. The Bertz CT molecular complexity index is 677. The molecule has 300 valence electrons. The molecule has 0 fully saturated rings. The van der Waals surface area contributed by atoms with E-state index in [-0.39, 0.29) is 18.6 Å². The van der Waals surface area contributed by atoms with Crippen LogP contribution in [0.4, 0.5) is 0 Å². The Balaban J connectivity index is 3.60. The van der Waals surface area contributed by atoms with Crippen molar-refractivity contribution in [3.8, 4) is 0 Å². The zero-order chi connectivity index (χ0) is 36.8. The van der Waals surface area contributed by atoms with Crippen LogP contribution in [0.25, 0.3) is 0 Å². The van der Waals surface area contributed by atoms with E-state index in [1.807, 2.05) is 0 Å². The number of carbonyl (C=O) groups excluding carboxylic acids is 1. The van der Waals surface area contributed by atoms with Gasteiger partial charge in [-0.05, 0) is 25.7 Å². The highest BCUT2D eigenvalue weighted by molar-refractivity contribution is 5.76. The van der Waals surface area contributed by atoms with Gasteiger partial charge in [0.1, 0.15) is 6.10 Å². The molecule has 1 amide bonds. The Labute approximate surface area is 311 Å². The van der Waals surface area contributed by atoms with Crippen LogP contribution in [-0.4, -0.2) is 57.3 Å². The van der Waals surface area contributed by atoms with E-state index in [1.165, 1.54) is 167 Å². The number of aliphatic hydroxyl groups is 4. The van der Waals surface area contributed by atoms with Gasteiger partial charge in [0.2, 0.25) is 5.91 Å². The van der Waals surface area contributed by atoms with E-state index in [2.05, 4.69) is 19.2 Å². The number of hydrogen-bond donors (Lipinski definition) is 5. The molecule has 0 saturated carbocycles. The van der Waals surface area contributed by atoms with Gasteiger partial charge in [-0.3, -0.25) is 4.79 Å². The van der Waals surface area contributed by atoms with Crippen LogP contribution < -0.4 is 5.32 Å². The van der Waals surface area contributed by atoms with E-state index in [0.29, 0.717) is 12.8 Å². The molecule has 0 radical (unpaired) electrons. The molecule has 0 aliphatic carbocycles. The van der Waals surface area contributed by atoms with Crippen LogP contribution in [0.1, 0.15) is 245 Å². The van der Waals surface area contributed by atoms with Gasteiger partial charge in [-0.25, -0.2) is 0 Å². The van der Waals surface area contributed by atoms with Crippen molar-refractivity contribution in [3.05, 3.63) is 0 Å². The minimum atomic E-state index is -1.14. The molecule has 0 aromatic heterocycles. The molecule has 0 aliphatic rings. The Hall–Kier alpha value is -0.690. The van der Waals surface area contributed by atoms with Crippen molar-refractivity contribution < 1.29 is 25.2 Å². The van der Waals surface area contributed by atoms with Crippen LogP contribution in [0.2, 0.25) is 0 Å². The highest BCUT2D eigenvalue weighted by Gasteiger charge is 2.26. The fraction of sp³-hybridized carbons (Fsp3) is 0.977. The molecule has 0 heterocycles. The van der Waals surface area contributed by atoms with E-state index in [0.717, 1.165) is 51.4 Å². The summed E-state index contributed by atoms with van der Waals surface area (Å²) < 4.78 is 0. The van der Waals surface area contributed by atoms with Crippen LogP contribution in [0.5, 0.6) is 0 Å². The summed E-state index contributed by atoms with van der Waals surface area (Å²) >= 11 is 0. The molecule has 0 aromatic carbocycles. The lowest BCUT2D eigenvalue weighted by atomic mass is 9.99. The van der Waals surface area contributed by atoms with Gasteiger partial charge in [0.25, 0.3) is 0 Å². The largest absolute Gasteiger partial charge is 0.394 e.